The highest BCUT2D eigenvalue weighted by Crippen LogP contribution is 2.29. The molecule has 2 heterocycles. The first kappa shape index (κ1) is 18.9. The molecular formula is C23H24N4O2. The number of benzene rings is 2. The van der Waals surface area contributed by atoms with E-state index >= 15 is 0 Å². The third-order valence-electron chi connectivity index (χ3n) is 5.15. The minimum atomic E-state index is -0.454. The number of hydrogen-bond donors (Lipinski definition) is 1. The Bertz CT molecular complexity index is 1170. The predicted octanol–water partition coefficient (Wildman–Crippen LogP) is 4.36. The maximum absolute atomic E-state index is 12.9. The molecule has 1 atom stereocenters. The summed E-state index contributed by atoms with van der Waals surface area (Å²) in [6.45, 7) is 4.43. The van der Waals surface area contributed by atoms with Crippen LogP contribution in [0, 0.1) is 0 Å². The summed E-state index contributed by atoms with van der Waals surface area (Å²) in [4.78, 5) is 22.4. The van der Waals surface area contributed by atoms with Crippen molar-refractivity contribution in [2.45, 2.75) is 39.3 Å². The summed E-state index contributed by atoms with van der Waals surface area (Å²) in [7, 11) is 0. The summed E-state index contributed by atoms with van der Waals surface area (Å²) in [5.41, 5.74) is 10.5. The molecule has 6 nitrogen and oxygen atoms in total. The van der Waals surface area contributed by atoms with E-state index in [0.29, 0.717) is 29.1 Å². The van der Waals surface area contributed by atoms with Crippen molar-refractivity contribution >= 4 is 34.0 Å². The summed E-state index contributed by atoms with van der Waals surface area (Å²) in [5.74, 6) is -0.107. The van der Waals surface area contributed by atoms with Gasteiger partial charge in [0.2, 0.25) is 0 Å². The number of hydrogen-bond acceptors (Lipinski definition) is 5. The van der Waals surface area contributed by atoms with Crippen molar-refractivity contribution in [2.24, 2.45) is 0 Å². The molecule has 0 saturated heterocycles. The van der Waals surface area contributed by atoms with Gasteiger partial charge in [-0.2, -0.15) is 0 Å². The van der Waals surface area contributed by atoms with E-state index < -0.39 is 5.97 Å². The maximum atomic E-state index is 12.9. The van der Waals surface area contributed by atoms with E-state index in [1.54, 1.807) is 0 Å². The second kappa shape index (κ2) is 7.91. The molecule has 0 saturated carbocycles. The molecule has 0 aliphatic carbocycles. The summed E-state index contributed by atoms with van der Waals surface area (Å²) in [6.07, 6.45) is 1.30. The minimum absolute atomic E-state index is 0.196. The number of aromatic nitrogens is 3. The molecule has 0 amide bonds. The average molecular weight is 388 g/mol. The molecule has 0 spiro atoms. The van der Waals surface area contributed by atoms with Gasteiger partial charge in [0, 0.05) is 6.54 Å². The Balaban J connectivity index is 1.83. The fourth-order valence-electron chi connectivity index (χ4n) is 3.36. The Morgan fingerprint density at radius 2 is 1.72 bits per heavy atom. The third kappa shape index (κ3) is 3.66. The van der Waals surface area contributed by atoms with E-state index in [9.17, 15) is 4.79 Å². The Labute approximate surface area is 169 Å². The molecule has 0 fully saturated rings. The molecule has 6 heteroatoms. The van der Waals surface area contributed by atoms with Crippen LogP contribution in [0.2, 0.25) is 0 Å². The SMILES string of the molecule is CCC(C)OC(=O)c1c(N)n(CCc2ccccc2)c2nc3ccccc3nc12. The smallest absolute Gasteiger partial charge is 0.344 e. The number of fused-ring (bicyclic) bond motifs is 2. The van der Waals surface area contributed by atoms with Gasteiger partial charge in [-0.05, 0) is 37.5 Å². The zero-order chi connectivity index (χ0) is 20.4. The topological polar surface area (TPSA) is 83.0 Å². The first-order chi connectivity index (χ1) is 14.1. The number of carbonyl (C=O) groups excluding carboxylic acids is 1. The van der Waals surface area contributed by atoms with Crippen molar-refractivity contribution < 1.29 is 9.53 Å². The maximum Gasteiger partial charge on any atom is 0.344 e. The molecule has 148 valence electrons. The number of ether oxygens (including phenoxy) is 1. The number of para-hydroxylation sites is 2. The molecule has 1 unspecified atom stereocenters. The second-order valence-electron chi connectivity index (χ2n) is 7.16. The lowest BCUT2D eigenvalue weighted by molar-refractivity contribution is 0.0338. The largest absolute Gasteiger partial charge is 0.459 e. The van der Waals surface area contributed by atoms with Crippen LogP contribution in [0.4, 0.5) is 5.82 Å². The number of anilines is 1. The van der Waals surface area contributed by atoms with Crippen LogP contribution in [-0.4, -0.2) is 26.6 Å². The van der Waals surface area contributed by atoms with Crippen molar-refractivity contribution in [1.29, 1.82) is 0 Å². The van der Waals surface area contributed by atoms with Crippen LogP contribution >= 0.6 is 0 Å². The van der Waals surface area contributed by atoms with Gasteiger partial charge >= 0.3 is 5.97 Å². The highest BCUT2D eigenvalue weighted by Gasteiger charge is 2.26. The van der Waals surface area contributed by atoms with Crippen LogP contribution in [0.5, 0.6) is 0 Å². The van der Waals surface area contributed by atoms with E-state index in [1.807, 2.05) is 60.9 Å². The number of carbonyl (C=O) groups is 1. The Morgan fingerprint density at radius 1 is 1.07 bits per heavy atom. The standard InChI is InChI=1S/C23H24N4O2/c1-3-15(2)29-23(28)19-20-22(26-18-12-8-7-11-17(18)25-20)27(21(19)24)14-13-16-9-5-4-6-10-16/h4-12,15H,3,13-14,24H2,1-2H3. The molecule has 4 rings (SSSR count). The summed E-state index contributed by atoms with van der Waals surface area (Å²) in [5, 5.41) is 0. The van der Waals surface area contributed by atoms with Gasteiger partial charge in [-0.1, -0.05) is 49.4 Å². The van der Waals surface area contributed by atoms with Gasteiger partial charge in [-0.25, -0.2) is 14.8 Å². The Kier molecular flexibility index (Phi) is 5.16. The van der Waals surface area contributed by atoms with Crippen molar-refractivity contribution in [3.8, 4) is 0 Å². The minimum Gasteiger partial charge on any atom is -0.459 e. The molecule has 0 bridgehead atoms. The van der Waals surface area contributed by atoms with Gasteiger partial charge in [0.25, 0.3) is 0 Å². The van der Waals surface area contributed by atoms with Crippen LogP contribution in [0.1, 0.15) is 36.2 Å². The number of esters is 1. The molecule has 0 radical (unpaired) electrons. The zero-order valence-electron chi connectivity index (χ0n) is 16.6. The first-order valence-corrected chi connectivity index (χ1v) is 9.87. The Hall–Kier alpha value is -3.41. The van der Waals surface area contributed by atoms with Crippen molar-refractivity contribution in [1.82, 2.24) is 14.5 Å². The average Bonchev–Trinajstić information content (AvgIpc) is 3.01. The number of nitrogens with zero attached hydrogens (tertiary/aromatic N) is 3. The van der Waals surface area contributed by atoms with E-state index in [-0.39, 0.29) is 6.10 Å². The summed E-state index contributed by atoms with van der Waals surface area (Å²) >= 11 is 0. The molecule has 29 heavy (non-hydrogen) atoms. The first-order valence-electron chi connectivity index (χ1n) is 9.87. The van der Waals surface area contributed by atoms with E-state index in [0.717, 1.165) is 23.9 Å². The molecule has 2 aromatic heterocycles. The molecular weight excluding hydrogens is 364 g/mol. The van der Waals surface area contributed by atoms with E-state index in [2.05, 4.69) is 12.1 Å². The predicted molar refractivity (Wildman–Crippen MR) is 115 cm³/mol. The summed E-state index contributed by atoms with van der Waals surface area (Å²) in [6, 6.07) is 17.7. The fraction of sp³-hybridized carbons (Fsp3) is 0.261. The highest BCUT2D eigenvalue weighted by atomic mass is 16.5. The van der Waals surface area contributed by atoms with Gasteiger partial charge in [0.15, 0.2) is 5.65 Å². The van der Waals surface area contributed by atoms with Crippen LogP contribution < -0.4 is 5.73 Å². The van der Waals surface area contributed by atoms with Crippen LogP contribution in [0.15, 0.2) is 54.6 Å². The van der Waals surface area contributed by atoms with Gasteiger partial charge in [0.1, 0.15) is 16.9 Å². The monoisotopic (exact) mass is 388 g/mol. The molecule has 0 aliphatic heterocycles. The lowest BCUT2D eigenvalue weighted by atomic mass is 10.1. The van der Waals surface area contributed by atoms with Crippen LogP contribution in [0.3, 0.4) is 0 Å². The molecule has 2 aromatic carbocycles. The lowest BCUT2D eigenvalue weighted by Crippen LogP contribution is -2.16. The molecule has 0 aliphatic rings. The van der Waals surface area contributed by atoms with E-state index in [1.165, 1.54) is 5.56 Å². The lowest BCUT2D eigenvalue weighted by Gasteiger charge is -2.11. The quantitative estimate of drug-likeness (QED) is 0.496. The zero-order valence-corrected chi connectivity index (χ0v) is 16.6. The molecule has 4 aromatic rings. The van der Waals surface area contributed by atoms with Crippen LogP contribution in [0.25, 0.3) is 22.2 Å². The van der Waals surface area contributed by atoms with Gasteiger partial charge < -0.3 is 15.0 Å². The van der Waals surface area contributed by atoms with Crippen molar-refractivity contribution in [3.05, 3.63) is 65.7 Å². The van der Waals surface area contributed by atoms with Gasteiger partial charge in [-0.15, -0.1) is 0 Å². The number of rotatable bonds is 6. The number of nitrogen functional groups attached to an aromatic ring is 1. The van der Waals surface area contributed by atoms with Gasteiger partial charge in [0.05, 0.1) is 17.1 Å². The normalized spacial score (nSPS) is 12.3. The summed E-state index contributed by atoms with van der Waals surface area (Å²) < 4.78 is 7.43. The fourth-order valence-corrected chi connectivity index (χ4v) is 3.36. The Morgan fingerprint density at radius 3 is 2.41 bits per heavy atom. The van der Waals surface area contributed by atoms with Gasteiger partial charge in [-0.3, -0.25) is 0 Å². The number of nitrogens with two attached hydrogens (primary N) is 1. The second-order valence-corrected chi connectivity index (χ2v) is 7.16. The van der Waals surface area contributed by atoms with E-state index in [4.69, 9.17) is 20.4 Å². The molecule has 2 N–H and O–H groups in total. The highest BCUT2D eigenvalue weighted by molar-refractivity contribution is 6.08. The third-order valence-corrected chi connectivity index (χ3v) is 5.15. The van der Waals surface area contributed by atoms with Crippen molar-refractivity contribution in [3.63, 3.8) is 0 Å². The van der Waals surface area contributed by atoms with Crippen molar-refractivity contribution in [2.75, 3.05) is 5.73 Å². The van der Waals surface area contributed by atoms with Crippen LogP contribution in [-0.2, 0) is 17.7 Å². The number of aryl methyl sites for hydroxylation is 2.